The molecule has 0 aliphatic rings. The van der Waals surface area contributed by atoms with Gasteiger partial charge in [0.15, 0.2) is 0 Å². The maximum absolute atomic E-state index is 9.31. The standard InChI is InChI=1S/C14H15NOS/c1-4-11(16)6-5-9(2)13-10(3)14-12(15-13)7-8-17-14/h4-8,15-16H,1H2,2-3H3/b9-5+,11-6+. The Hall–Kier alpha value is -1.74. The summed E-state index contributed by atoms with van der Waals surface area (Å²) in [6, 6.07) is 2.08. The molecule has 0 fully saturated rings. The third-order valence-corrected chi connectivity index (χ3v) is 3.78. The van der Waals surface area contributed by atoms with E-state index in [0.29, 0.717) is 0 Å². The van der Waals surface area contributed by atoms with Crippen molar-refractivity contribution in [3.05, 3.63) is 53.3 Å². The number of nitrogens with one attached hydrogen (secondary N) is 1. The number of aromatic nitrogens is 1. The Morgan fingerprint density at radius 2 is 2.24 bits per heavy atom. The summed E-state index contributed by atoms with van der Waals surface area (Å²) >= 11 is 1.74. The second kappa shape index (κ2) is 4.63. The molecule has 88 valence electrons. The zero-order valence-electron chi connectivity index (χ0n) is 9.95. The second-order valence-corrected chi connectivity index (χ2v) is 4.85. The summed E-state index contributed by atoms with van der Waals surface area (Å²) in [6.45, 7) is 7.63. The van der Waals surface area contributed by atoms with E-state index in [-0.39, 0.29) is 5.76 Å². The Labute approximate surface area is 105 Å². The molecule has 0 saturated heterocycles. The van der Waals surface area contributed by atoms with E-state index in [2.05, 4.69) is 29.9 Å². The van der Waals surface area contributed by atoms with Gasteiger partial charge in [0.05, 0.1) is 10.2 Å². The van der Waals surface area contributed by atoms with E-state index in [1.165, 1.54) is 21.9 Å². The fourth-order valence-corrected chi connectivity index (χ4v) is 2.66. The molecule has 2 N–H and O–H groups in total. The summed E-state index contributed by atoms with van der Waals surface area (Å²) < 4.78 is 1.30. The van der Waals surface area contributed by atoms with Gasteiger partial charge >= 0.3 is 0 Å². The quantitative estimate of drug-likeness (QED) is 0.603. The number of hydrogen-bond acceptors (Lipinski definition) is 2. The van der Waals surface area contributed by atoms with Crippen molar-refractivity contribution in [2.24, 2.45) is 0 Å². The first-order chi connectivity index (χ1) is 8.13. The summed E-state index contributed by atoms with van der Waals surface area (Å²) in [4.78, 5) is 3.39. The van der Waals surface area contributed by atoms with Crippen molar-refractivity contribution >= 4 is 27.1 Å². The molecule has 0 unspecified atom stereocenters. The summed E-state index contributed by atoms with van der Waals surface area (Å²) in [5, 5.41) is 11.4. The maximum atomic E-state index is 9.31. The van der Waals surface area contributed by atoms with Crippen LogP contribution in [0.25, 0.3) is 15.8 Å². The van der Waals surface area contributed by atoms with Crippen LogP contribution in [-0.2, 0) is 0 Å². The molecule has 2 rings (SSSR count). The molecule has 0 spiro atoms. The van der Waals surface area contributed by atoms with Gasteiger partial charge < -0.3 is 10.1 Å². The van der Waals surface area contributed by atoms with Crippen LogP contribution in [0.15, 0.2) is 42.0 Å². The predicted octanol–water partition coefficient (Wildman–Crippen LogP) is 4.57. The molecule has 17 heavy (non-hydrogen) atoms. The Kier molecular flexibility index (Phi) is 3.20. The number of hydrogen-bond donors (Lipinski definition) is 2. The lowest BCUT2D eigenvalue weighted by Crippen LogP contribution is -1.82. The lowest BCUT2D eigenvalue weighted by Gasteiger charge is -1.99. The largest absolute Gasteiger partial charge is 0.508 e. The Balaban J connectivity index is 2.42. The van der Waals surface area contributed by atoms with Crippen molar-refractivity contribution in [1.82, 2.24) is 4.98 Å². The first-order valence-corrected chi connectivity index (χ1v) is 6.27. The van der Waals surface area contributed by atoms with Crippen molar-refractivity contribution in [3.63, 3.8) is 0 Å². The molecule has 2 nitrogen and oxygen atoms in total. The van der Waals surface area contributed by atoms with Gasteiger partial charge in [-0.3, -0.25) is 0 Å². The van der Waals surface area contributed by atoms with E-state index in [0.717, 1.165) is 11.3 Å². The van der Waals surface area contributed by atoms with Crippen molar-refractivity contribution in [2.45, 2.75) is 13.8 Å². The van der Waals surface area contributed by atoms with Gasteiger partial charge in [-0.2, -0.15) is 0 Å². The van der Waals surface area contributed by atoms with E-state index < -0.39 is 0 Å². The molecule has 0 bridgehead atoms. The van der Waals surface area contributed by atoms with Crippen molar-refractivity contribution < 1.29 is 5.11 Å². The van der Waals surface area contributed by atoms with E-state index in [1.807, 2.05) is 13.0 Å². The summed E-state index contributed by atoms with van der Waals surface area (Å²) in [5.41, 5.74) is 4.65. The number of H-pyrrole nitrogens is 1. The number of thiophene rings is 1. The molecule has 0 aromatic carbocycles. The third kappa shape index (κ3) is 2.19. The molecule has 3 heteroatoms. The second-order valence-electron chi connectivity index (χ2n) is 3.93. The van der Waals surface area contributed by atoms with Crippen molar-refractivity contribution in [3.8, 4) is 0 Å². The van der Waals surface area contributed by atoms with Gasteiger partial charge in [0.1, 0.15) is 5.76 Å². The van der Waals surface area contributed by atoms with Crippen LogP contribution >= 0.6 is 11.3 Å². The molecule has 2 aromatic rings. The molecule has 2 heterocycles. The van der Waals surface area contributed by atoms with Crippen LogP contribution in [0.4, 0.5) is 0 Å². The molecule has 0 atom stereocenters. The maximum Gasteiger partial charge on any atom is 0.114 e. The average Bonchev–Trinajstić information content (AvgIpc) is 2.89. The Morgan fingerprint density at radius 1 is 1.47 bits per heavy atom. The highest BCUT2D eigenvalue weighted by molar-refractivity contribution is 7.17. The van der Waals surface area contributed by atoms with Crippen LogP contribution in [0.3, 0.4) is 0 Å². The number of aliphatic hydroxyl groups excluding tert-OH is 1. The normalized spacial score (nSPS) is 13.3. The van der Waals surface area contributed by atoms with Gasteiger partial charge in [0, 0.05) is 5.69 Å². The van der Waals surface area contributed by atoms with Crippen LogP contribution in [-0.4, -0.2) is 10.1 Å². The topological polar surface area (TPSA) is 36.0 Å². The first kappa shape index (κ1) is 11.7. The smallest absolute Gasteiger partial charge is 0.114 e. The SMILES string of the molecule is C=C/C(O)=C\C=C(/C)c1[nH]c2ccsc2c1C. The lowest BCUT2D eigenvalue weighted by molar-refractivity contribution is 0.433. The highest BCUT2D eigenvalue weighted by Crippen LogP contribution is 2.30. The Bertz CT molecular complexity index is 613. The highest BCUT2D eigenvalue weighted by Gasteiger charge is 2.09. The zero-order valence-corrected chi connectivity index (χ0v) is 10.8. The molecule has 0 radical (unpaired) electrons. The first-order valence-electron chi connectivity index (χ1n) is 5.39. The molecular weight excluding hydrogens is 230 g/mol. The minimum atomic E-state index is 0.176. The fraction of sp³-hybridized carbons (Fsp3) is 0.143. The predicted molar refractivity (Wildman–Crippen MR) is 75.5 cm³/mol. The number of fused-ring (bicyclic) bond motifs is 1. The van der Waals surface area contributed by atoms with E-state index in [1.54, 1.807) is 17.4 Å². The zero-order chi connectivity index (χ0) is 12.4. The molecule has 0 saturated carbocycles. The van der Waals surface area contributed by atoms with Crippen molar-refractivity contribution in [2.75, 3.05) is 0 Å². The van der Waals surface area contributed by atoms with Gasteiger partial charge in [-0.15, -0.1) is 11.3 Å². The molecule has 0 aliphatic heterocycles. The fourth-order valence-electron chi connectivity index (χ4n) is 1.80. The van der Waals surface area contributed by atoms with Crippen LogP contribution in [0.2, 0.25) is 0 Å². The number of aliphatic hydroxyl groups is 1. The molecule has 2 aromatic heterocycles. The number of allylic oxidation sites excluding steroid dienone is 4. The van der Waals surface area contributed by atoms with Gasteiger partial charge in [0.25, 0.3) is 0 Å². The van der Waals surface area contributed by atoms with Crippen LogP contribution < -0.4 is 0 Å². The van der Waals surface area contributed by atoms with Gasteiger partial charge in [-0.1, -0.05) is 12.7 Å². The number of aryl methyl sites for hydroxylation is 1. The minimum absolute atomic E-state index is 0.176. The molecular formula is C14H15NOS. The minimum Gasteiger partial charge on any atom is -0.508 e. The van der Waals surface area contributed by atoms with Gasteiger partial charge in [-0.25, -0.2) is 0 Å². The summed E-state index contributed by atoms with van der Waals surface area (Å²) in [7, 11) is 0. The highest BCUT2D eigenvalue weighted by atomic mass is 32.1. The summed E-state index contributed by atoms with van der Waals surface area (Å²) in [5.74, 6) is 0.176. The van der Waals surface area contributed by atoms with Gasteiger partial charge in [-0.05, 0) is 48.6 Å². The van der Waals surface area contributed by atoms with Crippen molar-refractivity contribution in [1.29, 1.82) is 0 Å². The Morgan fingerprint density at radius 3 is 2.88 bits per heavy atom. The average molecular weight is 245 g/mol. The van der Waals surface area contributed by atoms with E-state index in [9.17, 15) is 5.11 Å². The number of aromatic amines is 1. The number of rotatable bonds is 3. The van der Waals surface area contributed by atoms with Gasteiger partial charge in [0.2, 0.25) is 0 Å². The summed E-state index contributed by atoms with van der Waals surface area (Å²) in [6.07, 6.45) is 4.96. The molecule has 0 amide bonds. The van der Waals surface area contributed by atoms with Crippen LogP contribution in [0, 0.1) is 6.92 Å². The lowest BCUT2D eigenvalue weighted by atomic mass is 10.1. The monoisotopic (exact) mass is 245 g/mol. The van der Waals surface area contributed by atoms with E-state index in [4.69, 9.17) is 0 Å². The van der Waals surface area contributed by atoms with E-state index >= 15 is 0 Å². The van der Waals surface area contributed by atoms with Crippen LogP contribution in [0.1, 0.15) is 18.2 Å². The molecule has 0 aliphatic carbocycles. The third-order valence-electron chi connectivity index (χ3n) is 2.75. The van der Waals surface area contributed by atoms with Crippen LogP contribution in [0.5, 0.6) is 0 Å².